The molecule has 0 spiro atoms. The second-order valence-electron chi connectivity index (χ2n) is 3.07. The van der Waals surface area contributed by atoms with E-state index >= 15 is 0 Å². The van der Waals surface area contributed by atoms with Crippen LogP contribution in [0.3, 0.4) is 0 Å². The van der Waals surface area contributed by atoms with Gasteiger partial charge >= 0.3 is 0 Å². The molecule has 70 valence electrons. The third-order valence-electron chi connectivity index (χ3n) is 1.98. The van der Waals surface area contributed by atoms with Crippen LogP contribution in [-0.4, -0.2) is 30.5 Å². The van der Waals surface area contributed by atoms with Crippen LogP contribution >= 0.6 is 11.8 Å². The van der Waals surface area contributed by atoms with Crippen molar-refractivity contribution in [2.75, 3.05) is 24.6 Å². The lowest BCUT2D eigenvalue weighted by Crippen LogP contribution is -2.30. The van der Waals surface area contributed by atoms with Crippen LogP contribution in [0.2, 0.25) is 0 Å². The summed E-state index contributed by atoms with van der Waals surface area (Å²) in [5, 5.41) is 2.89. The molecular formula is C8H16N2OS. The summed E-state index contributed by atoms with van der Waals surface area (Å²) >= 11 is 1.97. The maximum atomic E-state index is 11.0. The molecule has 3 N–H and O–H groups in total. The number of amides is 1. The summed E-state index contributed by atoms with van der Waals surface area (Å²) in [6.07, 6.45) is 1.70. The molecule has 1 rings (SSSR count). The number of hydrogen-bond donors (Lipinski definition) is 2. The number of nitrogens with one attached hydrogen (secondary N) is 1. The van der Waals surface area contributed by atoms with Gasteiger partial charge in [-0.1, -0.05) is 0 Å². The van der Waals surface area contributed by atoms with Crippen molar-refractivity contribution >= 4 is 17.7 Å². The Bertz CT molecular complexity index is 146. The summed E-state index contributed by atoms with van der Waals surface area (Å²) in [5.41, 5.74) is 5.25. The molecule has 3 nitrogen and oxygen atoms in total. The molecule has 1 fully saturated rings. The van der Waals surface area contributed by atoms with E-state index in [1.54, 1.807) is 0 Å². The second kappa shape index (κ2) is 5.43. The smallest absolute Gasteiger partial charge is 0.221 e. The van der Waals surface area contributed by atoms with Gasteiger partial charge in [-0.2, -0.15) is 11.8 Å². The minimum atomic E-state index is 0.0920. The molecule has 0 radical (unpaired) electrons. The predicted octanol–water partition coefficient (Wildman–Crippen LogP) is 0.205. The Morgan fingerprint density at radius 3 is 3.08 bits per heavy atom. The molecule has 4 heteroatoms. The quantitative estimate of drug-likeness (QED) is 0.663. The number of nitrogens with two attached hydrogens (primary N) is 1. The molecule has 0 aliphatic carbocycles. The van der Waals surface area contributed by atoms with Crippen molar-refractivity contribution in [1.29, 1.82) is 0 Å². The minimum Gasteiger partial charge on any atom is -0.356 e. The maximum absolute atomic E-state index is 11.0. The van der Waals surface area contributed by atoms with Gasteiger partial charge in [0.05, 0.1) is 0 Å². The fraction of sp³-hybridized carbons (Fsp3) is 0.875. The van der Waals surface area contributed by atoms with E-state index in [4.69, 9.17) is 5.73 Å². The molecular weight excluding hydrogens is 172 g/mol. The number of rotatable bonds is 4. The Morgan fingerprint density at radius 2 is 2.50 bits per heavy atom. The Morgan fingerprint density at radius 1 is 1.67 bits per heavy atom. The fourth-order valence-electron chi connectivity index (χ4n) is 1.22. The van der Waals surface area contributed by atoms with Crippen molar-refractivity contribution in [2.45, 2.75) is 12.8 Å². The molecule has 12 heavy (non-hydrogen) atoms. The van der Waals surface area contributed by atoms with Crippen LogP contribution in [0.1, 0.15) is 12.8 Å². The molecule has 1 atom stereocenters. The van der Waals surface area contributed by atoms with Gasteiger partial charge < -0.3 is 11.1 Å². The van der Waals surface area contributed by atoms with Gasteiger partial charge in [0.1, 0.15) is 0 Å². The highest BCUT2D eigenvalue weighted by molar-refractivity contribution is 7.99. The lowest BCUT2D eigenvalue weighted by molar-refractivity contribution is -0.121. The van der Waals surface area contributed by atoms with Crippen molar-refractivity contribution in [3.05, 3.63) is 0 Å². The summed E-state index contributed by atoms with van der Waals surface area (Å²) in [6.45, 7) is 1.29. The molecule has 1 saturated heterocycles. The number of carbonyl (C=O) groups excluding carboxylic acids is 1. The van der Waals surface area contributed by atoms with Crippen LogP contribution < -0.4 is 11.1 Å². The van der Waals surface area contributed by atoms with E-state index in [9.17, 15) is 4.79 Å². The zero-order valence-corrected chi connectivity index (χ0v) is 8.03. The molecule has 0 aromatic rings. The molecule has 1 heterocycles. The summed E-state index contributed by atoms with van der Waals surface area (Å²) in [7, 11) is 0. The first-order valence-electron chi connectivity index (χ1n) is 4.37. The Labute approximate surface area is 77.5 Å². The lowest BCUT2D eigenvalue weighted by Gasteiger charge is -2.08. The first-order valence-corrected chi connectivity index (χ1v) is 5.53. The topological polar surface area (TPSA) is 55.1 Å². The van der Waals surface area contributed by atoms with Crippen LogP contribution in [0.5, 0.6) is 0 Å². The van der Waals surface area contributed by atoms with Gasteiger partial charge in [-0.25, -0.2) is 0 Å². The predicted molar refractivity (Wildman–Crippen MR) is 52.1 cm³/mol. The van der Waals surface area contributed by atoms with Crippen molar-refractivity contribution in [3.8, 4) is 0 Å². The van der Waals surface area contributed by atoms with Gasteiger partial charge in [-0.15, -0.1) is 0 Å². The second-order valence-corrected chi connectivity index (χ2v) is 4.22. The van der Waals surface area contributed by atoms with Gasteiger partial charge in [0, 0.05) is 19.5 Å². The largest absolute Gasteiger partial charge is 0.356 e. The van der Waals surface area contributed by atoms with E-state index in [1.807, 2.05) is 11.8 Å². The van der Waals surface area contributed by atoms with E-state index in [0.717, 1.165) is 6.54 Å². The number of thioether (sulfide) groups is 1. The van der Waals surface area contributed by atoms with E-state index in [2.05, 4.69) is 5.32 Å². The molecule has 1 amide bonds. The van der Waals surface area contributed by atoms with Crippen LogP contribution in [0, 0.1) is 5.92 Å². The Kier molecular flexibility index (Phi) is 4.46. The molecule has 0 saturated carbocycles. The molecule has 1 unspecified atom stereocenters. The van der Waals surface area contributed by atoms with Crippen molar-refractivity contribution in [3.63, 3.8) is 0 Å². The van der Waals surface area contributed by atoms with Gasteiger partial charge in [0.2, 0.25) is 5.91 Å². The maximum Gasteiger partial charge on any atom is 0.221 e. The van der Waals surface area contributed by atoms with Gasteiger partial charge in [0.25, 0.3) is 0 Å². The Hall–Kier alpha value is -0.220. The van der Waals surface area contributed by atoms with Crippen LogP contribution in [-0.2, 0) is 4.79 Å². The summed E-state index contributed by atoms with van der Waals surface area (Å²) < 4.78 is 0. The summed E-state index contributed by atoms with van der Waals surface area (Å²) in [4.78, 5) is 11.0. The average molecular weight is 188 g/mol. The standard InChI is InChI=1S/C8H16N2OS/c9-3-1-8(11)10-5-7-2-4-12-6-7/h7H,1-6,9H2,(H,10,11). The molecule has 0 bridgehead atoms. The van der Waals surface area contributed by atoms with Crippen LogP contribution in [0.25, 0.3) is 0 Å². The zero-order valence-electron chi connectivity index (χ0n) is 7.21. The van der Waals surface area contributed by atoms with Crippen LogP contribution in [0.4, 0.5) is 0 Å². The molecule has 0 aromatic carbocycles. The van der Waals surface area contributed by atoms with E-state index in [1.165, 1.54) is 17.9 Å². The SMILES string of the molecule is NCCC(=O)NCC1CCSC1. The van der Waals surface area contributed by atoms with Crippen molar-refractivity contribution < 1.29 is 4.79 Å². The monoisotopic (exact) mass is 188 g/mol. The summed E-state index contributed by atoms with van der Waals surface area (Å²) in [6, 6.07) is 0. The van der Waals surface area contributed by atoms with Gasteiger partial charge in [0.15, 0.2) is 0 Å². The minimum absolute atomic E-state index is 0.0920. The van der Waals surface area contributed by atoms with Crippen LogP contribution in [0.15, 0.2) is 0 Å². The highest BCUT2D eigenvalue weighted by Crippen LogP contribution is 2.22. The van der Waals surface area contributed by atoms with E-state index in [0.29, 0.717) is 18.9 Å². The first-order chi connectivity index (χ1) is 5.83. The third kappa shape index (κ3) is 3.45. The Balaban J connectivity index is 2.03. The lowest BCUT2D eigenvalue weighted by atomic mass is 10.1. The molecule has 1 aliphatic rings. The van der Waals surface area contributed by atoms with Crippen molar-refractivity contribution in [1.82, 2.24) is 5.32 Å². The number of carbonyl (C=O) groups is 1. The van der Waals surface area contributed by atoms with Gasteiger partial charge in [-0.3, -0.25) is 4.79 Å². The normalized spacial score (nSPS) is 22.6. The number of hydrogen-bond acceptors (Lipinski definition) is 3. The van der Waals surface area contributed by atoms with Gasteiger partial charge in [-0.05, 0) is 23.8 Å². The molecule has 0 aromatic heterocycles. The average Bonchev–Trinajstić information content (AvgIpc) is 2.53. The van der Waals surface area contributed by atoms with Crippen molar-refractivity contribution in [2.24, 2.45) is 11.7 Å². The summed E-state index contributed by atoms with van der Waals surface area (Å²) in [5.74, 6) is 3.23. The van der Waals surface area contributed by atoms with E-state index < -0.39 is 0 Å². The third-order valence-corrected chi connectivity index (χ3v) is 3.21. The molecule has 1 aliphatic heterocycles. The zero-order chi connectivity index (χ0) is 8.81. The van der Waals surface area contributed by atoms with E-state index in [-0.39, 0.29) is 5.91 Å². The first kappa shape index (κ1) is 9.86. The highest BCUT2D eigenvalue weighted by Gasteiger charge is 2.15. The fourth-order valence-corrected chi connectivity index (χ4v) is 2.51. The highest BCUT2D eigenvalue weighted by atomic mass is 32.2.